The molecule has 0 aliphatic carbocycles. The molecule has 0 unspecified atom stereocenters. The van der Waals surface area contributed by atoms with E-state index in [1.807, 2.05) is 30.3 Å². The summed E-state index contributed by atoms with van der Waals surface area (Å²) in [5.74, 6) is 0.411. The van der Waals surface area contributed by atoms with Gasteiger partial charge in [-0.2, -0.15) is 13.2 Å². The number of halogens is 3. The minimum Gasteiger partial charge on any atom is -0.489 e. The van der Waals surface area contributed by atoms with Gasteiger partial charge in [0.05, 0.1) is 5.56 Å². The van der Waals surface area contributed by atoms with Crippen molar-refractivity contribution >= 4 is 11.6 Å². The van der Waals surface area contributed by atoms with Gasteiger partial charge in [-0.05, 0) is 54.1 Å². The number of ether oxygens (including phenoxy) is 2. The third kappa shape index (κ3) is 6.27. The molecule has 0 aliphatic rings. The maximum atomic E-state index is 12.5. The number of carbonyl (C=O) groups excluding carboxylic acids is 1. The lowest BCUT2D eigenvalue weighted by atomic mass is 10.2. The minimum absolute atomic E-state index is 0.179. The molecule has 0 aromatic heterocycles. The first-order chi connectivity index (χ1) is 13.9. The molecule has 0 aliphatic heterocycles. The Bertz CT molecular complexity index is 924. The Morgan fingerprint density at radius 3 is 2.00 bits per heavy atom. The molecule has 0 bridgehead atoms. The second kappa shape index (κ2) is 9.14. The Hall–Kier alpha value is -3.48. The normalized spacial score (nSPS) is 11.0. The number of hydrogen-bond donors (Lipinski definition) is 1. The summed E-state index contributed by atoms with van der Waals surface area (Å²) in [6.45, 7) is 0.116. The van der Waals surface area contributed by atoms with Crippen LogP contribution in [0.4, 0.5) is 18.9 Å². The van der Waals surface area contributed by atoms with Crippen LogP contribution in [0.3, 0.4) is 0 Å². The van der Waals surface area contributed by atoms with Gasteiger partial charge in [-0.1, -0.05) is 30.3 Å². The number of alkyl halides is 3. The molecule has 4 nitrogen and oxygen atoms in total. The smallest absolute Gasteiger partial charge is 0.416 e. The molecular formula is C22H18F3NO3. The van der Waals surface area contributed by atoms with Gasteiger partial charge in [-0.15, -0.1) is 0 Å². The van der Waals surface area contributed by atoms with Crippen LogP contribution in [-0.2, 0) is 17.6 Å². The third-order valence-corrected chi connectivity index (χ3v) is 3.94. The summed E-state index contributed by atoms with van der Waals surface area (Å²) in [4.78, 5) is 12.0. The van der Waals surface area contributed by atoms with Crippen molar-refractivity contribution < 1.29 is 27.4 Å². The molecule has 29 heavy (non-hydrogen) atoms. The number of amides is 1. The number of hydrogen-bond acceptors (Lipinski definition) is 3. The summed E-state index contributed by atoms with van der Waals surface area (Å²) >= 11 is 0. The molecule has 0 heterocycles. The second-order valence-corrected chi connectivity index (χ2v) is 6.16. The van der Waals surface area contributed by atoms with Gasteiger partial charge in [0.2, 0.25) is 0 Å². The lowest BCUT2D eigenvalue weighted by Gasteiger charge is -2.10. The highest BCUT2D eigenvalue weighted by Gasteiger charge is 2.30. The van der Waals surface area contributed by atoms with Crippen molar-refractivity contribution in [1.29, 1.82) is 0 Å². The summed E-state index contributed by atoms with van der Waals surface area (Å²) in [5.41, 5.74) is 0.826. The Morgan fingerprint density at radius 1 is 0.793 bits per heavy atom. The van der Waals surface area contributed by atoms with E-state index in [-0.39, 0.29) is 12.4 Å². The van der Waals surface area contributed by atoms with Crippen molar-refractivity contribution in [3.05, 3.63) is 90.0 Å². The average Bonchev–Trinajstić information content (AvgIpc) is 2.72. The third-order valence-electron chi connectivity index (χ3n) is 3.94. The molecule has 0 radical (unpaired) electrons. The van der Waals surface area contributed by atoms with Gasteiger partial charge in [0.1, 0.15) is 18.1 Å². The van der Waals surface area contributed by atoms with E-state index in [0.717, 1.165) is 17.7 Å². The molecule has 150 valence electrons. The van der Waals surface area contributed by atoms with Crippen molar-refractivity contribution in [1.82, 2.24) is 0 Å². The van der Waals surface area contributed by atoms with Crippen molar-refractivity contribution in [2.24, 2.45) is 0 Å². The van der Waals surface area contributed by atoms with Gasteiger partial charge in [0.25, 0.3) is 5.91 Å². The van der Waals surface area contributed by atoms with Gasteiger partial charge in [-0.3, -0.25) is 4.79 Å². The molecular weight excluding hydrogens is 383 g/mol. The van der Waals surface area contributed by atoms with Gasteiger partial charge < -0.3 is 14.8 Å². The molecule has 1 N–H and O–H groups in total. The van der Waals surface area contributed by atoms with Crippen molar-refractivity contribution in [3.8, 4) is 11.5 Å². The van der Waals surface area contributed by atoms with Crippen LogP contribution in [0.1, 0.15) is 11.1 Å². The molecule has 0 spiro atoms. The lowest BCUT2D eigenvalue weighted by Crippen LogP contribution is -2.20. The fourth-order valence-electron chi connectivity index (χ4n) is 2.46. The van der Waals surface area contributed by atoms with E-state index in [2.05, 4.69) is 5.32 Å². The molecule has 7 heteroatoms. The number of rotatable bonds is 7. The number of nitrogens with one attached hydrogen (secondary N) is 1. The van der Waals surface area contributed by atoms with E-state index in [0.29, 0.717) is 18.0 Å². The van der Waals surface area contributed by atoms with Gasteiger partial charge >= 0.3 is 6.18 Å². The maximum absolute atomic E-state index is 12.5. The Morgan fingerprint density at radius 2 is 1.38 bits per heavy atom. The van der Waals surface area contributed by atoms with Crippen LogP contribution in [0.5, 0.6) is 11.5 Å². The standard InChI is InChI=1S/C22H18F3NO3/c23-22(24,25)17-6-10-19(11-7-17)29-15-21(27)26-18-8-12-20(13-9-18)28-14-16-4-2-1-3-5-16/h1-13H,14-15H2,(H,26,27). The molecule has 3 aromatic rings. The van der Waals surface area contributed by atoms with Crippen LogP contribution < -0.4 is 14.8 Å². The maximum Gasteiger partial charge on any atom is 0.416 e. The summed E-state index contributed by atoms with van der Waals surface area (Å²) in [6, 6.07) is 20.7. The van der Waals surface area contributed by atoms with Crippen LogP contribution in [0.15, 0.2) is 78.9 Å². The summed E-state index contributed by atoms with van der Waals surface area (Å²) in [5, 5.41) is 2.65. The highest BCUT2D eigenvalue weighted by atomic mass is 19.4. The van der Waals surface area contributed by atoms with Crippen LogP contribution in [0.2, 0.25) is 0 Å². The molecule has 0 saturated heterocycles. The topological polar surface area (TPSA) is 47.6 Å². The highest BCUT2D eigenvalue weighted by molar-refractivity contribution is 5.91. The van der Waals surface area contributed by atoms with Crippen molar-refractivity contribution in [3.63, 3.8) is 0 Å². The van der Waals surface area contributed by atoms with E-state index < -0.39 is 17.6 Å². The summed E-state index contributed by atoms with van der Waals surface area (Å²) < 4.78 is 48.5. The fraction of sp³-hybridized carbons (Fsp3) is 0.136. The van der Waals surface area contributed by atoms with Crippen LogP contribution in [0.25, 0.3) is 0 Å². The zero-order valence-electron chi connectivity index (χ0n) is 15.3. The average molecular weight is 401 g/mol. The SMILES string of the molecule is O=C(COc1ccc(C(F)(F)F)cc1)Nc1ccc(OCc2ccccc2)cc1. The van der Waals surface area contributed by atoms with E-state index in [1.54, 1.807) is 24.3 Å². The van der Waals surface area contributed by atoms with Crippen LogP contribution >= 0.6 is 0 Å². The molecule has 3 rings (SSSR count). The Kier molecular flexibility index (Phi) is 6.39. The second-order valence-electron chi connectivity index (χ2n) is 6.16. The van der Waals surface area contributed by atoms with E-state index in [9.17, 15) is 18.0 Å². The highest BCUT2D eigenvalue weighted by Crippen LogP contribution is 2.30. The zero-order valence-corrected chi connectivity index (χ0v) is 15.3. The molecule has 0 atom stereocenters. The van der Waals surface area contributed by atoms with E-state index >= 15 is 0 Å². The summed E-state index contributed by atoms with van der Waals surface area (Å²) in [6.07, 6.45) is -4.41. The van der Waals surface area contributed by atoms with E-state index in [4.69, 9.17) is 9.47 Å². The van der Waals surface area contributed by atoms with Gasteiger partial charge in [-0.25, -0.2) is 0 Å². The summed E-state index contributed by atoms with van der Waals surface area (Å²) in [7, 11) is 0. The number of benzene rings is 3. The van der Waals surface area contributed by atoms with Crippen molar-refractivity contribution in [2.75, 3.05) is 11.9 Å². The predicted molar refractivity (Wildman–Crippen MR) is 103 cm³/mol. The van der Waals surface area contributed by atoms with Crippen LogP contribution in [0, 0.1) is 0 Å². The molecule has 0 fully saturated rings. The van der Waals surface area contributed by atoms with E-state index in [1.165, 1.54) is 12.1 Å². The predicted octanol–water partition coefficient (Wildman–Crippen LogP) is 5.30. The Balaban J connectivity index is 1.45. The van der Waals surface area contributed by atoms with Gasteiger partial charge in [0.15, 0.2) is 6.61 Å². The Labute approximate surface area is 165 Å². The monoisotopic (exact) mass is 401 g/mol. The van der Waals surface area contributed by atoms with Crippen LogP contribution in [-0.4, -0.2) is 12.5 Å². The molecule has 0 saturated carbocycles. The first-order valence-corrected chi connectivity index (χ1v) is 8.77. The largest absolute Gasteiger partial charge is 0.489 e. The molecule has 1 amide bonds. The lowest BCUT2D eigenvalue weighted by molar-refractivity contribution is -0.137. The molecule has 3 aromatic carbocycles. The quantitative estimate of drug-likeness (QED) is 0.584. The number of carbonyl (C=O) groups is 1. The fourth-order valence-corrected chi connectivity index (χ4v) is 2.46. The minimum atomic E-state index is -4.41. The van der Waals surface area contributed by atoms with Crippen molar-refractivity contribution in [2.45, 2.75) is 12.8 Å². The first kappa shape index (κ1) is 20.3. The van der Waals surface area contributed by atoms with Gasteiger partial charge in [0, 0.05) is 5.69 Å². The first-order valence-electron chi connectivity index (χ1n) is 8.77. The number of anilines is 1. The zero-order chi connectivity index (χ0) is 20.7.